The van der Waals surface area contributed by atoms with Gasteiger partial charge in [-0.2, -0.15) is 4.98 Å². The molecule has 2 heterocycles. The van der Waals surface area contributed by atoms with Crippen LogP contribution in [0.2, 0.25) is 5.02 Å². The molecule has 0 radical (unpaired) electrons. The van der Waals surface area contributed by atoms with E-state index >= 15 is 0 Å². The van der Waals surface area contributed by atoms with Crippen LogP contribution in [0.5, 0.6) is 0 Å². The van der Waals surface area contributed by atoms with E-state index in [-0.39, 0.29) is 11.1 Å². The summed E-state index contributed by atoms with van der Waals surface area (Å²) in [4.78, 5) is 13.1. The summed E-state index contributed by atoms with van der Waals surface area (Å²) in [6.07, 6.45) is 4.37. The van der Waals surface area contributed by atoms with Crippen molar-refractivity contribution in [2.75, 3.05) is 10.6 Å². The summed E-state index contributed by atoms with van der Waals surface area (Å²) in [5, 5.41) is 6.49. The summed E-state index contributed by atoms with van der Waals surface area (Å²) in [5.41, 5.74) is 2.32. The Kier molecular flexibility index (Phi) is 5.63. The standard InChI is InChI=1S/C19H19ClFN5/c1-3-12(2)23-19-25-17(13-6-8-22-9-7-13)11-18(26-19)24-14-4-5-16(21)15(20)10-14/h4-12H,3H2,1-2H3,(H2,23,24,25,26)/t12-/m1/s1. The minimum Gasteiger partial charge on any atom is -0.352 e. The van der Waals surface area contributed by atoms with Crippen LogP contribution in [0.25, 0.3) is 11.3 Å². The molecule has 0 saturated carbocycles. The predicted octanol–water partition coefficient (Wildman–Crippen LogP) is 5.29. The van der Waals surface area contributed by atoms with Crippen LogP contribution in [-0.2, 0) is 0 Å². The van der Waals surface area contributed by atoms with Crippen molar-refractivity contribution in [2.45, 2.75) is 26.3 Å². The van der Waals surface area contributed by atoms with Crippen LogP contribution in [0, 0.1) is 5.82 Å². The summed E-state index contributed by atoms with van der Waals surface area (Å²) < 4.78 is 13.4. The van der Waals surface area contributed by atoms with E-state index in [0.29, 0.717) is 17.5 Å². The van der Waals surface area contributed by atoms with Crippen LogP contribution < -0.4 is 10.6 Å². The fourth-order valence-electron chi connectivity index (χ4n) is 2.29. The normalized spacial score (nSPS) is 11.8. The molecule has 0 unspecified atom stereocenters. The van der Waals surface area contributed by atoms with E-state index in [4.69, 9.17) is 11.6 Å². The predicted molar refractivity (Wildman–Crippen MR) is 103 cm³/mol. The van der Waals surface area contributed by atoms with Gasteiger partial charge in [-0.15, -0.1) is 0 Å². The molecule has 7 heteroatoms. The number of aromatic nitrogens is 3. The zero-order chi connectivity index (χ0) is 18.5. The highest BCUT2D eigenvalue weighted by atomic mass is 35.5. The molecule has 0 fully saturated rings. The van der Waals surface area contributed by atoms with E-state index in [2.05, 4.69) is 39.4 Å². The first-order chi connectivity index (χ1) is 12.5. The minimum absolute atomic E-state index is 0.0522. The third kappa shape index (κ3) is 4.46. The number of hydrogen-bond acceptors (Lipinski definition) is 5. The minimum atomic E-state index is -0.462. The molecule has 3 aromatic rings. The molecule has 0 aliphatic carbocycles. The molecular weight excluding hydrogens is 353 g/mol. The Labute approximate surface area is 156 Å². The highest BCUT2D eigenvalue weighted by Crippen LogP contribution is 2.26. The quantitative estimate of drug-likeness (QED) is 0.616. The van der Waals surface area contributed by atoms with Crippen molar-refractivity contribution < 1.29 is 4.39 Å². The van der Waals surface area contributed by atoms with Gasteiger partial charge in [-0.25, -0.2) is 9.37 Å². The molecule has 0 amide bonds. The Morgan fingerprint density at radius 3 is 2.58 bits per heavy atom. The van der Waals surface area contributed by atoms with Crippen LogP contribution in [0.1, 0.15) is 20.3 Å². The van der Waals surface area contributed by atoms with E-state index in [1.165, 1.54) is 12.1 Å². The van der Waals surface area contributed by atoms with Crippen LogP contribution in [0.4, 0.5) is 21.8 Å². The second kappa shape index (κ2) is 8.10. The van der Waals surface area contributed by atoms with Crippen LogP contribution in [0.3, 0.4) is 0 Å². The summed E-state index contributed by atoms with van der Waals surface area (Å²) in [6.45, 7) is 4.15. The van der Waals surface area contributed by atoms with Crippen molar-refractivity contribution in [3.63, 3.8) is 0 Å². The number of halogens is 2. The lowest BCUT2D eigenvalue weighted by atomic mass is 10.2. The molecule has 2 N–H and O–H groups in total. The van der Waals surface area contributed by atoms with Gasteiger partial charge >= 0.3 is 0 Å². The zero-order valence-corrected chi connectivity index (χ0v) is 15.3. The average molecular weight is 372 g/mol. The highest BCUT2D eigenvalue weighted by Gasteiger charge is 2.10. The van der Waals surface area contributed by atoms with Crippen molar-refractivity contribution in [3.05, 3.63) is 59.6 Å². The Morgan fingerprint density at radius 2 is 1.88 bits per heavy atom. The number of nitrogens with zero attached hydrogens (tertiary/aromatic N) is 3. The van der Waals surface area contributed by atoms with Gasteiger partial charge < -0.3 is 10.6 Å². The number of rotatable bonds is 6. The summed E-state index contributed by atoms with van der Waals surface area (Å²) in [7, 11) is 0. The van der Waals surface area contributed by atoms with Gasteiger partial charge in [0.1, 0.15) is 11.6 Å². The zero-order valence-electron chi connectivity index (χ0n) is 14.5. The maximum Gasteiger partial charge on any atom is 0.225 e. The topological polar surface area (TPSA) is 62.7 Å². The van der Waals surface area contributed by atoms with Crippen molar-refractivity contribution >= 4 is 29.1 Å². The first-order valence-corrected chi connectivity index (χ1v) is 8.71. The van der Waals surface area contributed by atoms with E-state index in [1.807, 2.05) is 18.2 Å². The van der Waals surface area contributed by atoms with Crippen LogP contribution in [0.15, 0.2) is 48.8 Å². The molecule has 26 heavy (non-hydrogen) atoms. The third-order valence-corrected chi connectivity index (χ3v) is 4.17. The fourth-order valence-corrected chi connectivity index (χ4v) is 2.47. The van der Waals surface area contributed by atoms with Gasteiger partial charge in [0.25, 0.3) is 0 Å². The van der Waals surface area contributed by atoms with Crippen molar-refractivity contribution in [1.82, 2.24) is 15.0 Å². The monoisotopic (exact) mass is 371 g/mol. The van der Waals surface area contributed by atoms with Gasteiger partial charge in [0.2, 0.25) is 5.95 Å². The maximum absolute atomic E-state index is 13.4. The lowest BCUT2D eigenvalue weighted by molar-refractivity contribution is 0.628. The largest absolute Gasteiger partial charge is 0.352 e. The average Bonchev–Trinajstić information content (AvgIpc) is 2.65. The molecule has 0 aliphatic rings. The lowest BCUT2D eigenvalue weighted by Gasteiger charge is -2.14. The second-order valence-corrected chi connectivity index (χ2v) is 6.31. The van der Waals surface area contributed by atoms with Gasteiger partial charge in [-0.3, -0.25) is 4.98 Å². The molecule has 2 aromatic heterocycles. The van der Waals surface area contributed by atoms with Gasteiger partial charge in [0, 0.05) is 35.8 Å². The van der Waals surface area contributed by atoms with Gasteiger partial charge in [0.05, 0.1) is 10.7 Å². The second-order valence-electron chi connectivity index (χ2n) is 5.91. The number of anilines is 3. The van der Waals surface area contributed by atoms with Gasteiger partial charge in [-0.1, -0.05) is 18.5 Å². The van der Waals surface area contributed by atoms with Gasteiger partial charge in [0.15, 0.2) is 0 Å². The van der Waals surface area contributed by atoms with Crippen molar-refractivity contribution in [3.8, 4) is 11.3 Å². The highest BCUT2D eigenvalue weighted by molar-refractivity contribution is 6.31. The molecular formula is C19H19ClFN5. The van der Waals surface area contributed by atoms with Crippen molar-refractivity contribution in [2.24, 2.45) is 0 Å². The Hall–Kier alpha value is -2.73. The molecule has 0 spiro atoms. The summed E-state index contributed by atoms with van der Waals surface area (Å²) in [6, 6.07) is 10.3. The summed E-state index contributed by atoms with van der Waals surface area (Å²) >= 11 is 5.86. The van der Waals surface area contributed by atoms with Crippen LogP contribution in [-0.4, -0.2) is 21.0 Å². The lowest BCUT2D eigenvalue weighted by Crippen LogP contribution is -2.16. The van der Waals surface area contributed by atoms with Crippen molar-refractivity contribution in [1.29, 1.82) is 0 Å². The Balaban J connectivity index is 1.97. The van der Waals surface area contributed by atoms with E-state index in [0.717, 1.165) is 17.7 Å². The molecule has 0 aliphatic heterocycles. The van der Waals surface area contributed by atoms with E-state index in [9.17, 15) is 4.39 Å². The first-order valence-electron chi connectivity index (χ1n) is 8.33. The SMILES string of the molecule is CC[C@@H](C)Nc1nc(Nc2ccc(F)c(Cl)c2)cc(-c2ccncc2)n1. The Morgan fingerprint density at radius 1 is 1.12 bits per heavy atom. The third-order valence-electron chi connectivity index (χ3n) is 3.88. The van der Waals surface area contributed by atoms with E-state index in [1.54, 1.807) is 18.5 Å². The molecule has 134 valence electrons. The van der Waals surface area contributed by atoms with Gasteiger partial charge in [-0.05, 0) is 43.7 Å². The number of pyridine rings is 1. The Bertz CT molecular complexity index is 888. The molecule has 1 atom stereocenters. The molecule has 0 saturated heterocycles. The van der Waals surface area contributed by atoms with E-state index < -0.39 is 5.82 Å². The molecule has 3 rings (SSSR count). The molecule has 0 bridgehead atoms. The fraction of sp³-hybridized carbons (Fsp3) is 0.211. The first kappa shape index (κ1) is 18.1. The van der Waals surface area contributed by atoms with Crippen LogP contribution >= 0.6 is 11.6 Å². The molecule has 1 aromatic carbocycles. The number of hydrogen-bond donors (Lipinski definition) is 2. The maximum atomic E-state index is 13.4. The summed E-state index contributed by atoms with van der Waals surface area (Å²) in [5.74, 6) is 0.640. The number of benzene rings is 1. The number of nitrogens with one attached hydrogen (secondary N) is 2. The smallest absolute Gasteiger partial charge is 0.225 e. The molecule has 5 nitrogen and oxygen atoms in total.